The predicted molar refractivity (Wildman–Crippen MR) is 117 cm³/mol. The van der Waals surface area contributed by atoms with Crippen LogP contribution in [0.5, 0.6) is 0 Å². The summed E-state index contributed by atoms with van der Waals surface area (Å²) in [6.45, 7) is 9.50. The zero-order valence-electron chi connectivity index (χ0n) is 16.7. The smallest absolute Gasteiger partial charge is 0.306 e. The van der Waals surface area contributed by atoms with Gasteiger partial charge in [-0.05, 0) is 51.6 Å². The van der Waals surface area contributed by atoms with Gasteiger partial charge in [0.1, 0.15) is 6.10 Å². The maximum atomic E-state index is 11.9. The Morgan fingerprint density at radius 1 is 1.23 bits per heavy atom. The summed E-state index contributed by atoms with van der Waals surface area (Å²) < 4.78 is 5.50. The molecule has 1 saturated carbocycles. The number of aliphatic imine (C=N–C) groups is 1. The molecule has 0 aromatic heterocycles. The van der Waals surface area contributed by atoms with Gasteiger partial charge < -0.3 is 15.0 Å². The SMILES string of the molecule is CCN(CC)C1CCN(C(=NC)NCCCC(=O)OC2CCCC2)C1.I. The lowest BCUT2D eigenvalue weighted by Gasteiger charge is -2.27. The van der Waals surface area contributed by atoms with Gasteiger partial charge in [-0.1, -0.05) is 13.8 Å². The fourth-order valence-electron chi connectivity index (χ4n) is 3.99. The van der Waals surface area contributed by atoms with E-state index in [9.17, 15) is 4.79 Å². The van der Waals surface area contributed by atoms with Crippen molar-refractivity contribution in [2.45, 2.75) is 70.9 Å². The molecular formula is C19H37IN4O2. The molecule has 0 spiro atoms. The quantitative estimate of drug-likeness (QED) is 0.190. The second kappa shape index (κ2) is 12.8. The van der Waals surface area contributed by atoms with E-state index in [0.29, 0.717) is 12.5 Å². The van der Waals surface area contributed by atoms with Gasteiger partial charge >= 0.3 is 5.97 Å². The third-order valence-electron chi connectivity index (χ3n) is 5.44. The van der Waals surface area contributed by atoms with Gasteiger partial charge in [0.05, 0.1) is 0 Å². The molecule has 26 heavy (non-hydrogen) atoms. The summed E-state index contributed by atoms with van der Waals surface area (Å²) in [4.78, 5) is 21.1. The summed E-state index contributed by atoms with van der Waals surface area (Å²) >= 11 is 0. The number of nitrogens with zero attached hydrogens (tertiary/aromatic N) is 3. The van der Waals surface area contributed by atoms with E-state index >= 15 is 0 Å². The number of esters is 1. The van der Waals surface area contributed by atoms with Gasteiger partial charge in [0.2, 0.25) is 0 Å². The minimum atomic E-state index is -0.0496. The first-order chi connectivity index (χ1) is 12.2. The molecule has 1 atom stereocenters. The molecule has 1 aliphatic carbocycles. The highest BCUT2D eigenvalue weighted by Gasteiger charge is 2.27. The zero-order valence-corrected chi connectivity index (χ0v) is 19.0. The second-order valence-corrected chi connectivity index (χ2v) is 7.08. The number of carbonyl (C=O) groups excluding carboxylic acids is 1. The number of guanidine groups is 1. The summed E-state index contributed by atoms with van der Waals surface area (Å²) in [7, 11) is 1.83. The van der Waals surface area contributed by atoms with Crippen LogP contribution in [0.2, 0.25) is 0 Å². The van der Waals surface area contributed by atoms with Crippen molar-refractivity contribution in [3.63, 3.8) is 0 Å². The van der Waals surface area contributed by atoms with Crippen LogP contribution in [0.4, 0.5) is 0 Å². The highest BCUT2D eigenvalue weighted by Crippen LogP contribution is 2.21. The normalized spacial score (nSPS) is 21.2. The van der Waals surface area contributed by atoms with Gasteiger partial charge in [-0.3, -0.25) is 14.7 Å². The molecule has 1 unspecified atom stereocenters. The Balaban J connectivity index is 0.00000338. The Morgan fingerprint density at radius 2 is 1.92 bits per heavy atom. The van der Waals surface area contributed by atoms with Crippen LogP contribution in [-0.4, -0.2) is 73.6 Å². The minimum absolute atomic E-state index is 0. The summed E-state index contributed by atoms with van der Waals surface area (Å²) in [5, 5.41) is 3.41. The van der Waals surface area contributed by atoms with Gasteiger partial charge in [0.15, 0.2) is 5.96 Å². The molecule has 2 rings (SSSR count). The van der Waals surface area contributed by atoms with Crippen molar-refractivity contribution in [1.82, 2.24) is 15.1 Å². The zero-order chi connectivity index (χ0) is 18.1. The van der Waals surface area contributed by atoms with Crippen LogP contribution in [-0.2, 0) is 9.53 Å². The van der Waals surface area contributed by atoms with Crippen molar-refractivity contribution in [2.24, 2.45) is 4.99 Å². The van der Waals surface area contributed by atoms with Crippen LogP contribution >= 0.6 is 24.0 Å². The average Bonchev–Trinajstić information content (AvgIpc) is 3.28. The van der Waals surface area contributed by atoms with E-state index < -0.39 is 0 Å². The summed E-state index contributed by atoms with van der Waals surface area (Å²) in [5.41, 5.74) is 0. The molecule has 152 valence electrons. The first-order valence-corrected chi connectivity index (χ1v) is 10.1. The number of hydrogen-bond acceptors (Lipinski definition) is 4. The number of nitrogens with one attached hydrogen (secondary N) is 1. The molecule has 1 aliphatic heterocycles. The average molecular weight is 480 g/mol. The van der Waals surface area contributed by atoms with Crippen LogP contribution < -0.4 is 5.32 Å². The van der Waals surface area contributed by atoms with Crippen LogP contribution in [0.25, 0.3) is 0 Å². The van der Waals surface area contributed by atoms with Crippen LogP contribution in [0.3, 0.4) is 0 Å². The molecule has 0 aromatic rings. The number of hydrogen-bond donors (Lipinski definition) is 1. The molecule has 0 aromatic carbocycles. The van der Waals surface area contributed by atoms with Gasteiger partial charge in [-0.2, -0.15) is 0 Å². The van der Waals surface area contributed by atoms with E-state index in [-0.39, 0.29) is 36.0 Å². The van der Waals surface area contributed by atoms with Crippen molar-refractivity contribution < 1.29 is 9.53 Å². The molecule has 0 amide bonds. The highest BCUT2D eigenvalue weighted by molar-refractivity contribution is 14.0. The Hall–Kier alpha value is -0.570. The van der Waals surface area contributed by atoms with Crippen molar-refractivity contribution in [3.05, 3.63) is 0 Å². The van der Waals surface area contributed by atoms with Crippen molar-refractivity contribution in [2.75, 3.05) is 39.8 Å². The topological polar surface area (TPSA) is 57.2 Å². The van der Waals surface area contributed by atoms with E-state index in [1.54, 1.807) is 0 Å². The maximum absolute atomic E-state index is 11.9. The van der Waals surface area contributed by atoms with Crippen molar-refractivity contribution in [3.8, 4) is 0 Å². The van der Waals surface area contributed by atoms with E-state index in [1.165, 1.54) is 19.3 Å². The minimum Gasteiger partial charge on any atom is -0.462 e. The third-order valence-corrected chi connectivity index (χ3v) is 5.44. The Labute approximate surface area is 176 Å². The molecule has 6 nitrogen and oxygen atoms in total. The molecular weight excluding hydrogens is 443 g/mol. The van der Waals surface area contributed by atoms with Crippen LogP contribution in [0.15, 0.2) is 4.99 Å². The number of likely N-dealkylation sites (N-methyl/N-ethyl adjacent to an activating group) is 1. The largest absolute Gasteiger partial charge is 0.462 e. The summed E-state index contributed by atoms with van der Waals surface area (Å²) in [5.74, 6) is 0.908. The van der Waals surface area contributed by atoms with Gasteiger partial charge in [0.25, 0.3) is 0 Å². The Morgan fingerprint density at radius 3 is 2.54 bits per heavy atom. The number of ether oxygens (including phenoxy) is 1. The van der Waals surface area contributed by atoms with Crippen molar-refractivity contribution in [1.29, 1.82) is 0 Å². The standard InChI is InChI=1S/C19H36N4O2.HI/c1-4-22(5-2)16-12-14-23(15-16)19(20-3)21-13-8-11-18(24)25-17-9-6-7-10-17;/h16-17H,4-15H2,1-3H3,(H,20,21);1H. The lowest BCUT2D eigenvalue weighted by atomic mass is 10.2. The monoisotopic (exact) mass is 480 g/mol. The predicted octanol–water partition coefficient (Wildman–Crippen LogP) is 2.86. The summed E-state index contributed by atoms with van der Waals surface area (Å²) in [6.07, 6.45) is 7.12. The van der Waals surface area contributed by atoms with Gasteiger partial charge in [0, 0.05) is 39.1 Å². The molecule has 1 heterocycles. The number of likely N-dealkylation sites (tertiary alicyclic amines) is 1. The fourth-order valence-corrected chi connectivity index (χ4v) is 3.99. The lowest BCUT2D eigenvalue weighted by molar-refractivity contribution is -0.148. The third kappa shape index (κ3) is 7.21. The maximum Gasteiger partial charge on any atom is 0.306 e. The number of rotatable bonds is 8. The van der Waals surface area contributed by atoms with E-state index in [0.717, 1.165) is 57.9 Å². The summed E-state index contributed by atoms with van der Waals surface area (Å²) in [6, 6.07) is 0.620. The molecule has 1 N–H and O–H groups in total. The first-order valence-electron chi connectivity index (χ1n) is 10.1. The van der Waals surface area contributed by atoms with E-state index in [1.807, 2.05) is 7.05 Å². The second-order valence-electron chi connectivity index (χ2n) is 7.08. The van der Waals surface area contributed by atoms with Gasteiger partial charge in [-0.15, -0.1) is 24.0 Å². The van der Waals surface area contributed by atoms with Crippen molar-refractivity contribution >= 4 is 35.9 Å². The molecule has 2 aliphatic rings. The van der Waals surface area contributed by atoms with E-state index in [2.05, 4.69) is 34.0 Å². The van der Waals surface area contributed by atoms with Crippen LogP contribution in [0, 0.1) is 0 Å². The highest BCUT2D eigenvalue weighted by atomic mass is 127. The fraction of sp³-hybridized carbons (Fsp3) is 0.895. The molecule has 2 fully saturated rings. The Bertz CT molecular complexity index is 437. The molecule has 0 bridgehead atoms. The molecule has 1 saturated heterocycles. The lowest BCUT2D eigenvalue weighted by Crippen LogP contribution is -2.43. The van der Waals surface area contributed by atoms with E-state index in [4.69, 9.17) is 4.74 Å². The number of carbonyl (C=O) groups is 1. The first kappa shape index (κ1) is 23.5. The van der Waals surface area contributed by atoms with Crippen LogP contribution in [0.1, 0.15) is 58.8 Å². The molecule has 7 heteroatoms. The van der Waals surface area contributed by atoms with Gasteiger partial charge in [-0.25, -0.2) is 0 Å². The Kier molecular flexibility index (Phi) is 11.5. The number of halogens is 1. The molecule has 0 radical (unpaired) electrons.